The van der Waals surface area contributed by atoms with Crippen molar-refractivity contribution in [2.75, 3.05) is 11.9 Å². The quantitative estimate of drug-likeness (QED) is 0.797. The number of rotatable bonds is 3. The fourth-order valence-corrected chi connectivity index (χ4v) is 3.78. The first-order chi connectivity index (χ1) is 13.4. The van der Waals surface area contributed by atoms with Crippen LogP contribution in [0.5, 0.6) is 0 Å². The number of urea groups is 1. The Morgan fingerprint density at radius 2 is 1.75 bits per heavy atom. The molecule has 6 nitrogen and oxygen atoms in total. The molecule has 28 heavy (non-hydrogen) atoms. The average Bonchev–Trinajstić information content (AvgIpc) is 2.89. The molecule has 2 aliphatic rings. The van der Waals surface area contributed by atoms with Gasteiger partial charge in [-0.3, -0.25) is 14.5 Å². The Balaban J connectivity index is 1.50. The molecule has 1 fully saturated rings. The first-order valence-electron chi connectivity index (χ1n) is 8.84. The Morgan fingerprint density at radius 3 is 2.46 bits per heavy atom. The monoisotopic (exact) mass is 385 g/mol. The molecule has 0 bridgehead atoms. The summed E-state index contributed by atoms with van der Waals surface area (Å²) in [4.78, 5) is 38.3. The summed E-state index contributed by atoms with van der Waals surface area (Å²) in [5.74, 6) is -3.24. The molecule has 1 aliphatic heterocycles. The van der Waals surface area contributed by atoms with Crippen LogP contribution in [0.4, 0.5) is 19.3 Å². The highest BCUT2D eigenvalue weighted by molar-refractivity contribution is 6.10. The third kappa shape index (κ3) is 3.00. The van der Waals surface area contributed by atoms with Gasteiger partial charge in [-0.05, 0) is 36.1 Å². The van der Waals surface area contributed by atoms with Crippen molar-refractivity contribution in [3.8, 4) is 0 Å². The Kier molecular flexibility index (Phi) is 4.33. The Hall–Kier alpha value is -3.29. The van der Waals surface area contributed by atoms with Crippen molar-refractivity contribution >= 4 is 23.5 Å². The number of para-hydroxylation sites is 1. The fourth-order valence-electron chi connectivity index (χ4n) is 3.78. The average molecular weight is 385 g/mol. The number of benzene rings is 2. The van der Waals surface area contributed by atoms with Gasteiger partial charge in [0.1, 0.15) is 29.4 Å². The van der Waals surface area contributed by atoms with Crippen LogP contribution < -0.4 is 10.6 Å². The third-order valence-corrected chi connectivity index (χ3v) is 5.21. The van der Waals surface area contributed by atoms with E-state index in [1.807, 2.05) is 24.3 Å². The first kappa shape index (κ1) is 18.1. The summed E-state index contributed by atoms with van der Waals surface area (Å²) in [6.07, 6.45) is 1.39. The molecule has 1 saturated heterocycles. The minimum atomic E-state index is -1.09. The Labute approximate surface area is 159 Å². The molecule has 1 atom stereocenters. The van der Waals surface area contributed by atoms with Gasteiger partial charge in [-0.1, -0.05) is 30.3 Å². The maximum absolute atomic E-state index is 13.7. The van der Waals surface area contributed by atoms with E-state index in [-0.39, 0.29) is 0 Å². The lowest BCUT2D eigenvalue weighted by Gasteiger charge is -2.32. The molecule has 0 aromatic heterocycles. The van der Waals surface area contributed by atoms with Crippen LogP contribution in [0.3, 0.4) is 0 Å². The predicted molar refractivity (Wildman–Crippen MR) is 96.4 cm³/mol. The largest absolute Gasteiger partial charge is 0.325 e. The molecule has 4 rings (SSSR count). The molecular weight excluding hydrogens is 368 g/mol. The summed E-state index contributed by atoms with van der Waals surface area (Å²) in [5, 5.41) is 4.80. The van der Waals surface area contributed by atoms with Gasteiger partial charge in [-0.25, -0.2) is 13.6 Å². The van der Waals surface area contributed by atoms with E-state index >= 15 is 0 Å². The topological polar surface area (TPSA) is 78.5 Å². The van der Waals surface area contributed by atoms with E-state index in [9.17, 15) is 23.2 Å². The third-order valence-electron chi connectivity index (χ3n) is 5.21. The highest BCUT2D eigenvalue weighted by atomic mass is 19.1. The summed E-state index contributed by atoms with van der Waals surface area (Å²) in [5.41, 5.74) is 0.402. The molecule has 1 heterocycles. The van der Waals surface area contributed by atoms with Crippen molar-refractivity contribution in [1.29, 1.82) is 0 Å². The number of nitrogens with one attached hydrogen (secondary N) is 2. The number of halogens is 2. The zero-order valence-corrected chi connectivity index (χ0v) is 14.8. The van der Waals surface area contributed by atoms with Crippen LogP contribution in [0.1, 0.15) is 17.5 Å². The van der Waals surface area contributed by atoms with Gasteiger partial charge in [-0.15, -0.1) is 0 Å². The fraction of sp³-hybridized carbons (Fsp3) is 0.250. The molecule has 0 radical (unpaired) electrons. The molecular formula is C20H17F2N3O3. The minimum Gasteiger partial charge on any atom is -0.323 e. The maximum atomic E-state index is 13.7. The van der Waals surface area contributed by atoms with Crippen molar-refractivity contribution in [3.05, 3.63) is 65.2 Å². The van der Waals surface area contributed by atoms with E-state index in [0.717, 1.165) is 28.2 Å². The predicted octanol–water partition coefficient (Wildman–Crippen LogP) is 2.38. The van der Waals surface area contributed by atoms with Crippen LogP contribution in [0.2, 0.25) is 0 Å². The number of anilines is 1. The number of carbonyl (C=O) groups is 3. The highest BCUT2D eigenvalue weighted by Gasteiger charge is 2.52. The summed E-state index contributed by atoms with van der Waals surface area (Å²) in [7, 11) is 0. The maximum Gasteiger partial charge on any atom is 0.325 e. The number of hydrogen-bond acceptors (Lipinski definition) is 3. The lowest BCUT2D eigenvalue weighted by atomic mass is 9.78. The second-order valence-electron chi connectivity index (χ2n) is 6.99. The van der Waals surface area contributed by atoms with Crippen LogP contribution in [-0.2, 0) is 22.4 Å². The normalized spacial score (nSPS) is 20.9. The number of hydrogen-bond donors (Lipinski definition) is 2. The summed E-state index contributed by atoms with van der Waals surface area (Å²) < 4.78 is 27.4. The van der Waals surface area contributed by atoms with E-state index in [1.165, 1.54) is 6.07 Å². The van der Waals surface area contributed by atoms with E-state index in [0.29, 0.717) is 19.3 Å². The standard InChI is InChI=1S/C20H17F2N3O3/c21-14-6-3-7-15(22)17(14)23-16(26)11-25-18(27)20(24-19(25)28)9-8-12-4-1-2-5-13(12)10-20/h1-7H,8-11H2,(H,23,26)(H,24,28). The minimum absolute atomic E-state index is 0.341. The van der Waals surface area contributed by atoms with E-state index in [2.05, 4.69) is 10.6 Å². The van der Waals surface area contributed by atoms with Crippen molar-refractivity contribution in [1.82, 2.24) is 10.2 Å². The van der Waals surface area contributed by atoms with Crippen LogP contribution in [0, 0.1) is 11.6 Å². The van der Waals surface area contributed by atoms with Gasteiger partial charge in [0, 0.05) is 6.42 Å². The Bertz CT molecular complexity index is 974. The molecule has 144 valence electrons. The first-order valence-corrected chi connectivity index (χ1v) is 8.84. The van der Waals surface area contributed by atoms with E-state index < -0.39 is 47.3 Å². The Morgan fingerprint density at radius 1 is 1.07 bits per heavy atom. The number of imide groups is 1. The van der Waals surface area contributed by atoms with E-state index in [4.69, 9.17) is 0 Å². The molecule has 2 N–H and O–H groups in total. The SMILES string of the molecule is O=C(CN1C(=O)NC2(CCc3ccccc3C2)C1=O)Nc1c(F)cccc1F. The zero-order chi connectivity index (χ0) is 19.9. The van der Waals surface area contributed by atoms with Gasteiger partial charge in [0.25, 0.3) is 5.91 Å². The lowest BCUT2D eigenvalue weighted by molar-refractivity contribution is -0.134. The molecule has 1 aliphatic carbocycles. The van der Waals surface area contributed by atoms with Gasteiger partial charge in [0.2, 0.25) is 5.91 Å². The van der Waals surface area contributed by atoms with Crippen LogP contribution in [0.25, 0.3) is 0 Å². The van der Waals surface area contributed by atoms with Gasteiger partial charge in [-0.2, -0.15) is 0 Å². The van der Waals surface area contributed by atoms with Gasteiger partial charge in [0.15, 0.2) is 0 Å². The van der Waals surface area contributed by atoms with Crippen molar-refractivity contribution < 1.29 is 23.2 Å². The second-order valence-corrected chi connectivity index (χ2v) is 6.99. The molecule has 1 spiro atoms. The second kappa shape index (κ2) is 6.70. The number of nitrogens with zero attached hydrogens (tertiary/aromatic N) is 1. The molecule has 8 heteroatoms. The molecule has 2 aromatic carbocycles. The molecule has 0 saturated carbocycles. The highest BCUT2D eigenvalue weighted by Crippen LogP contribution is 2.33. The van der Waals surface area contributed by atoms with Crippen LogP contribution in [-0.4, -0.2) is 34.8 Å². The number of fused-ring (bicyclic) bond motifs is 1. The van der Waals surface area contributed by atoms with Crippen molar-refractivity contribution in [3.63, 3.8) is 0 Å². The zero-order valence-electron chi connectivity index (χ0n) is 14.8. The smallest absolute Gasteiger partial charge is 0.323 e. The van der Waals surface area contributed by atoms with E-state index in [1.54, 1.807) is 0 Å². The lowest BCUT2D eigenvalue weighted by Crippen LogP contribution is -2.51. The number of amides is 4. The van der Waals surface area contributed by atoms with Crippen LogP contribution >= 0.6 is 0 Å². The van der Waals surface area contributed by atoms with Crippen molar-refractivity contribution in [2.45, 2.75) is 24.8 Å². The van der Waals surface area contributed by atoms with Gasteiger partial charge < -0.3 is 10.6 Å². The van der Waals surface area contributed by atoms with Gasteiger partial charge >= 0.3 is 6.03 Å². The number of carbonyl (C=O) groups excluding carboxylic acids is 3. The van der Waals surface area contributed by atoms with Gasteiger partial charge in [0.05, 0.1) is 0 Å². The van der Waals surface area contributed by atoms with Crippen LogP contribution in [0.15, 0.2) is 42.5 Å². The molecule has 2 aromatic rings. The molecule has 4 amide bonds. The summed E-state index contributed by atoms with van der Waals surface area (Å²) >= 11 is 0. The summed E-state index contributed by atoms with van der Waals surface area (Å²) in [6.45, 7) is -0.623. The van der Waals surface area contributed by atoms with Crippen molar-refractivity contribution in [2.24, 2.45) is 0 Å². The summed E-state index contributed by atoms with van der Waals surface area (Å²) in [6, 6.07) is 10.2. The number of aryl methyl sites for hydroxylation is 1. The molecule has 1 unspecified atom stereocenters.